The minimum atomic E-state index is 0.242. The van der Waals surface area contributed by atoms with Crippen molar-refractivity contribution >= 4 is 0 Å². The van der Waals surface area contributed by atoms with E-state index in [-0.39, 0.29) is 5.54 Å². The van der Waals surface area contributed by atoms with Gasteiger partial charge in [0.25, 0.3) is 0 Å². The minimum absolute atomic E-state index is 0.242. The first-order valence-electron chi connectivity index (χ1n) is 5.73. The molecule has 0 radical (unpaired) electrons. The Morgan fingerprint density at radius 1 is 1.57 bits per heavy atom. The highest BCUT2D eigenvalue weighted by Gasteiger charge is 2.31. The molecule has 0 amide bonds. The van der Waals surface area contributed by atoms with Crippen molar-refractivity contribution in [2.45, 2.75) is 25.8 Å². The normalized spacial score (nSPS) is 35.6. The van der Waals surface area contributed by atoms with Crippen LogP contribution in [0.1, 0.15) is 20.3 Å². The molecule has 2 atom stereocenters. The van der Waals surface area contributed by atoms with Crippen molar-refractivity contribution < 1.29 is 4.74 Å². The van der Waals surface area contributed by atoms with Crippen LogP contribution in [0.3, 0.4) is 0 Å². The van der Waals surface area contributed by atoms with E-state index >= 15 is 0 Å². The predicted molar refractivity (Wildman–Crippen MR) is 57.4 cm³/mol. The molecule has 0 aromatic heterocycles. The van der Waals surface area contributed by atoms with Crippen molar-refractivity contribution in [3.8, 4) is 0 Å². The van der Waals surface area contributed by atoms with E-state index in [2.05, 4.69) is 24.5 Å². The second kappa shape index (κ2) is 4.17. The van der Waals surface area contributed by atoms with Gasteiger partial charge < -0.3 is 15.4 Å². The van der Waals surface area contributed by atoms with E-state index in [1.807, 2.05) is 0 Å². The van der Waals surface area contributed by atoms with Crippen LogP contribution < -0.4 is 10.6 Å². The highest BCUT2D eigenvalue weighted by molar-refractivity contribution is 4.89. The zero-order chi connectivity index (χ0) is 10.0. The van der Waals surface area contributed by atoms with E-state index in [1.165, 1.54) is 13.1 Å². The first-order valence-corrected chi connectivity index (χ1v) is 5.73. The molecule has 0 aromatic rings. The maximum Gasteiger partial charge on any atom is 0.0646 e. The molecular weight excluding hydrogens is 176 g/mol. The largest absolute Gasteiger partial charge is 0.379 e. The molecule has 2 aliphatic heterocycles. The molecule has 3 heteroatoms. The summed E-state index contributed by atoms with van der Waals surface area (Å²) in [7, 11) is 0. The Hall–Kier alpha value is -0.120. The fourth-order valence-electron chi connectivity index (χ4n) is 2.09. The van der Waals surface area contributed by atoms with E-state index in [4.69, 9.17) is 4.74 Å². The number of nitrogens with one attached hydrogen (secondary N) is 2. The Bertz CT molecular complexity index is 186. The topological polar surface area (TPSA) is 33.3 Å². The van der Waals surface area contributed by atoms with E-state index in [0.717, 1.165) is 38.0 Å². The van der Waals surface area contributed by atoms with Crippen molar-refractivity contribution in [1.82, 2.24) is 10.6 Å². The van der Waals surface area contributed by atoms with E-state index < -0.39 is 0 Å². The third kappa shape index (κ3) is 2.27. The molecule has 2 aliphatic rings. The molecule has 2 unspecified atom stereocenters. The van der Waals surface area contributed by atoms with Gasteiger partial charge >= 0.3 is 0 Å². The molecule has 3 nitrogen and oxygen atoms in total. The Labute approximate surface area is 86.6 Å². The number of hydrogen-bond donors (Lipinski definition) is 2. The van der Waals surface area contributed by atoms with Crippen LogP contribution in [0.25, 0.3) is 0 Å². The lowest BCUT2D eigenvalue weighted by Crippen LogP contribution is -2.51. The van der Waals surface area contributed by atoms with Crippen molar-refractivity contribution in [3.05, 3.63) is 0 Å². The molecule has 2 saturated heterocycles. The van der Waals surface area contributed by atoms with Crippen LogP contribution in [0.15, 0.2) is 0 Å². The van der Waals surface area contributed by atoms with Crippen molar-refractivity contribution in [3.63, 3.8) is 0 Å². The first kappa shape index (κ1) is 10.4. The second-order valence-corrected chi connectivity index (χ2v) is 5.14. The summed E-state index contributed by atoms with van der Waals surface area (Å²) in [4.78, 5) is 0. The van der Waals surface area contributed by atoms with Gasteiger partial charge in [0.15, 0.2) is 0 Å². The summed E-state index contributed by atoms with van der Waals surface area (Å²) >= 11 is 0. The van der Waals surface area contributed by atoms with Gasteiger partial charge in [0.2, 0.25) is 0 Å². The highest BCUT2D eigenvalue weighted by Crippen LogP contribution is 2.20. The number of hydrogen-bond acceptors (Lipinski definition) is 3. The van der Waals surface area contributed by atoms with E-state index in [0.29, 0.717) is 0 Å². The summed E-state index contributed by atoms with van der Waals surface area (Å²) in [6.07, 6.45) is 1.16. The Kier molecular flexibility index (Phi) is 3.10. The molecule has 2 rings (SSSR count). The average molecular weight is 198 g/mol. The summed E-state index contributed by atoms with van der Waals surface area (Å²) < 4.78 is 5.42. The van der Waals surface area contributed by atoms with Gasteiger partial charge in [-0.15, -0.1) is 0 Å². The molecular formula is C11H22N2O. The van der Waals surface area contributed by atoms with Crippen molar-refractivity contribution in [1.29, 1.82) is 0 Å². The summed E-state index contributed by atoms with van der Waals surface area (Å²) in [6.45, 7) is 9.95. The van der Waals surface area contributed by atoms with Crippen LogP contribution in [0.4, 0.5) is 0 Å². The van der Waals surface area contributed by atoms with Crippen LogP contribution >= 0.6 is 0 Å². The molecule has 2 heterocycles. The first-order chi connectivity index (χ1) is 6.70. The van der Waals surface area contributed by atoms with Crippen molar-refractivity contribution in [2.75, 3.05) is 32.8 Å². The molecule has 14 heavy (non-hydrogen) atoms. The van der Waals surface area contributed by atoms with Gasteiger partial charge in [-0.25, -0.2) is 0 Å². The van der Waals surface area contributed by atoms with Gasteiger partial charge in [0.1, 0.15) is 0 Å². The monoisotopic (exact) mass is 198 g/mol. The molecule has 0 saturated carbocycles. The van der Waals surface area contributed by atoms with Gasteiger partial charge in [-0.2, -0.15) is 0 Å². The third-order valence-corrected chi connectivity index (χ3v) is 3.69. The fraction of sp³-hybridized carbons (Fsp3) is 1.00. The minimum Gasteiger partial charge on any atom is -0.379 e. The number of rotatable bonds is 4. The molecule has 0 aromatic carbocycles. The van der Waals surface area contributed by atoms with Crippen LogP contribution in [0, 0.1) is 11.8 Å². The Morgan fingerprint density at radius 2 is 2.36 bits per heavy atom. The Morgan fingerprint density at radius 3 is 2.86 bits per heavy atom. The summed E-state index contributed by atoms with van der Waals surface area (Å²) in [6, 6.07) is 0. The van der Waals surface area contributed by atoms with Gasteiger partial charge in [-0.05, 0) is 44.8 Å². The third-order valence-electron chi connectivity index (χ3n) is 3.69. The van der Waals surface area contributed by atoms with Gasteiger partial charge in [-0.3, -0.25) is 0 Å². The maximum atomic E-state index is 5.42. The van der Waals surface area contributed by atoms with Gasteiger partial charge in [0, 0.05) is 12.1 Å². The molecule has 0 aliphatic carbocycles. The van der Waals surface area contributed by atoms with Crippen LogP contribution in [0.2, 0.25) is 0 Å². The quantitative estimate of drug-likeness (QED) is 0.694. The van der Waals surface area contributed by atoms with Crippen LogP contribution in [0.5, 0.6) is 0 Å². The van der Waals surface area contributed by atoms with Crippen LogP contribution in [-0.4, -0.2) is 38.4 Å². The van der Waals surface area contributed by atoms with Crippen LogP contribution in [-0.2, 0) is 4.74 Å². The zero-order valence-corrected chi connectivity index (χ0v) is 9.31. The smallest absolute Gasteiger partial charge is 0.0646 e. The fourth-order valence-corrected chi connectivity index (χ4v) is 2.09. The SMILES string of the molecule is CC(CNC1(C)CCOC1)C1CNC1. The van der Waals surface area contributed by atoms with E-state index in [1.54, 1.807) is 0 Å². The zero-order valence-electron chi connectivity index (χ0n) is 9.31. The average Bonchev–Trinajstić information content (AvgIpc) is 2.47. The van der Waals surface area contributed by atoms with E-state index in [9.17, 15) is 0 Å². The summed E-state index contributed by atoms with van der Waals surface area (Å²) in [5.41, 5.74) is 0.242. The van der Waals surface area contributed by atoms with Gasteiger partial charge in [-0.1, -0.05) is 6.92 Å². The lowest BCUT2D eigenvalue weighted by atomic mass is 9.88. The number of ether oxygens (including phenoxy) is 1. The standard InChI is InChI=1S/C11H22N2O/c1-9(10-6-12-7-10)5-13-11(2)3-4-14-8-11/h9-10,12-13H,3-8H2,1-2H3. The second-order valence-electron chi connectivity index (χ2n) is 5.14. The van der Waals surface area contributed by atoms with Crippen molar-refractivity contribution in [2.24, 2.45) is 11.8 Å². The lowest BCUT2D eigenvalue weighted by Gasteiger charge is -2.35. The lowest BCUT2D eigenvalue weighted by molar-refractivity contribution is 0.163. The molecule has 0 bridgehead atoms. The molecule has 0 spiro atoms. The maximum absolute atomic E-state index is 5.42. The molecule has 2 N–H and O–H groups in total. The summed E-state index contributed by atoms with van der Waals surface area (Å²) in [5.74, 6) is 1.67. The summed E-state index contributed by atoms with van der Waals surface area (Å²) in [5, 5.41) is 6.98. The highest BCUT2D eigenvalue weighted by atomic mass is 16.5. The predicted octanol–water partition coefficient (Wildman–Crippen LogP) is 0.611. The molecule has 2 fully saturated rings. The molecule has 82 valence electrons. The van der Waals surface area contributed by atoms with Gasteiger partial charge in [0.05, 0.1) is 6.61 Å². The Balaban J connectivity index is 1.70.